The van der Waals surface area contributed by atoms with Crippen LogP contribution in [0, 0.1) is 17.1 Å². The third-order valence-corrected chi connectivity index (χ3v) is 2.76. The summed E-state index contributed by atoms with van der Waals surface area (Å²) in [5, 5.41) is 18.4. The molecule has 0 bridgehead atoms. The molecule has 2 aromatic rings. The van der Waals surface area contributed by atoms with Crippen molar-refractivity contribution in [2.24, 2.45) is 0 Å². The van der Waals surface area contributed by atoms with E-state index in [2.05, 4.69) is 4.98 Å². The number of benzene rings is 1. The Morgan fingerprint density at radius 2 is 2.20 bits per heavy atom. The lowest BCUT2D eigenvalue weighted by Crippen LogP contribution is -2.02. The first-order valence-corrected chi connectivity index (χ1v) is 6.05. The highest BCUT2D eigenvalue weighted by Crippen LogP contribution is 2.26. The molecule has 1 aromatic carbocycles. The minimum Gasteiger partial charge on any atom is -0.488 e. The van der Waals surface area contributed by atoms with Crippen LogP contribution in [0.25, 0.3) is 0 Å². The van der Waals surface area contributed by atoms with Gasteiger partial charge in [0, 0.05) is 17.8 Å². The van der Waals surface area contributed by atoms with Crippen LogP contribution in [0.1, 0.15) is 29.8 Å². The number of pyridine rings is 1. The summed E-state index contributed by atoms with van der Waals surface area (Å²) in [6, 6.07) is 9.24. The fourth-order valence-corrected chi connectivity index (χ4v) is 1.76. The number of nitrogens with zero attached hydrogens (tertiary/aromatic N) is 2. The average Bonchev–Trinajstić information content (AvgIpc) is 2.45. The Bertz CT molecular complexity index is 651. The number of hydrogen-bond donors (Lipinski definition) is 1. The summed E-state index contributed by atoms with van der Waals surface area (Å²) in [5.74, 6) is -0.146. The monoisotopic (exact) mass is 272 g/mol. The van der Waals surface area contributed by atoms with Crippen molar-refractivity contribution in [3.63, 3.8) is 0 Å². The number of aliphatic hydroxyl groups excluding tert-OH is 1. The molecule has 102 valence electrons. The highest BCUT2D eigenvalue weighted by molar-refractivity contribution is 5.36. The Balaban J connectivity index is 2.18. The van der Waals surface area contributed by atoms with Crippen molar-refractivity contribution in [1.82, 2.24) is 4.98 Å². The van der Waals surface area contributed by atoms with Gasteiger partial charge >= 0.3 is 0 Å². The molecule has 0 fully saturated rings. The normalized spacial score (nSPS) is 11.7. The summed E-state index contributed by atoms with van der Waals surface area (Å²) in [5.41, 5.74) is 1.56. The first-order chi connectivity index (χ1) is 9.60. The first-order valence-electron chi connectivity index (χ1n) is 6.05. The van der Waals surface area contributed by atoms with Gasteiger partial charge in [0.2, 0.25) is 0 Å². The molecule has 1 heterocycles. The molecule has 0 saturated heterocycles. The van der Waals surface area contributed by atoms with E-state index in [1.807, 2.05) is 6.07 Å². The van der Waals surface area contributed by atoms with Crippen LogP contribution in [0.2, 0.25) is 0 Å². The molecule has 0 aliphatic rings. The first kappa shape index (κ1) is 14.0. The highest BCUT2D eigenvalue weighted by atomic mass is 19.1. The molecule has 0 amide bonds. The molecule has 1 atom stereocenters. The summed E-state index contributed by atoms with van der Waals surface area (Å²) in [7, 11) is 0. The van der Waals surface area contributed by atoms with Crippen LogP contribution in [0.3, 0.4) is 0 Å². The second-order valence-electron chi connectivity index (χ2n) is 4.31. The van der Waals surface area contributed by atoms with Gasteiger partial charge < -0.3 is 9.84 Å². The van der Waals surface area contributed by atoms with E-state index in [-0.39, 0.29) is 12.4 Å². The quantitative estimate of drug-likeness (QED) is 0.929. The molecule has 0 aliphatic carbocycles. The molecular formula is C15H13FN2O2. The number of nitriles is 1. The van der Waals surface area contributed by atoms with E-state index in [4.69, 9.17) is 10.00 Å². The molecule has 0 spiro atoms. The molecule has 4 nitrogen and oxygen atoms in total. The minimum atomic E-state index is -0.752. The fourth-order valence-electron chi connectivity index (χ4n) is 1.76. The predicted octanol–water partition coefficient (Wildman–Crippen LogP) is 2.72. The third kappa shape index (κ3) is 3.31. The zero-order valence-corrected chi connectivity index (χ0v) is 10.9. The Labute approximate surface area is 116 Å². The summed E-state index contributed by atoms with van der Waals surface area (Å²) in [4.78, 5) is 3.86. The van der Waals surface area contributed by atoms with Crippen molar-refractivity contribution in [1.29, 1.82) is 5.26 Å². The van der Waals surface area contributed by atoms with Gasteiger partial charge in [0.15, 0.2) is 0 Å². The average molecular weight is 272 g/mol. The van der Waals surface area contributed by atoms with Crippen LogP contribution in [0.4, 0.5) is 4.39 Å². The maximum atomic E-state index is 13.2. The number of hydrogen-bond acceptors (Lipinski definition) is 4. The number of aromatic nitrogens is 1. The van der Waals surface area contributed by atoms with Gasteiger partial charge in [0.1, 0.15) is 29.9 Å². The van der Waals surface area contributed by atoms with Gasteiger partial charge in [-0.15, -0.1) is 0 Å². The van der Waals surface area contributed by atoms with Crippen molar-refractivity contribution in [2.75, 3.05) is 0 Å². The second-order valence-corrected chi connectivity index (χ2v) is 4.31. The maximum absolute atomic E-state index is 13.2. The number of rotatable bonds is 4. The maximum Gasteiger partial charge on any atom is 0.140 e. The van der Waals surface area contributed by atoms with Crippen LogP contribution >= 0.6 is 0 Å². The second kappa shape index (κ2) is 6.13. The van der Waals surface area contributed by atoms with Crippen LogP contribution in [0.15, 0.2) is 36.5 Å². The lowest BCUT2D eigenvalue weighted by atomic mass is 10.1. The summed E-state index contributed by atoms with van der Waals surface area (Å²) < 4.78 is 18.8. The standard InChI is InChI=1S/C15H13FN2O2/c1-10(19)14-3-2-12(16)7-15(14)20-9-11-4-5-18-13(6-11)8-17/h2-7,10,19H,9H2,1H3/t10-/m1/s1. The summed E-state index contributed by atoms with van der Waals surface area (Å²) >= 11 is 0. The minimum absolute atomic E-state index is 0.167. The van der Waals surface area contributed by atoms with Crippen LogP contribution in [-0.4, -0.2) is 10.1 Å². The molecule has 20 heavy (non-hydrogen) atoms. The third-order valence-electron chi connectivity index (χ3n) is 2.76. The van der Waals surface area contributed by atoms with Crippen LogP contribution < -0.4 is 4.74 Å². The van der Waals surface area contributed by atoms with Gasteiger partial charge in [0.25, 0.3) is 0 Å². The molecule has 5 heteroatoms. The van der Waals surface area contributed by atoms with E-state index in [0.717, 1.165) is 5.56 Å². The molecule has 0 radical (unpaired) electrons. The topological polar surface area (TPSA) is 66.1 Å². The Morgan fingerprint density at radius 1 is 1.40 bits per heavy atom. The van der Waals surface area contributed by atoms with E-state index >= 15 is 0 Å². The smallest absolute Gasteiger partial charge is 0.140 e. The molecule has 1 aromatic heterocycles. The van der Waals surface area contributed by atoms with Gasteiger partial charge in [-0.3, -0.25) is 0 Å². The Hall–Kier alpha value is -2.45. The largest absolute Gasteiger partial charge is 0.488 e. The Morgan fingerprint density at radius 3 is 2.90 bits per heavy atom. The van der Waals surface area contributed by atoms with E-state index in [0.29, 0.717) is 11.3 Å². The van der Waals surface area contributed by atoms with Crippen molar-refractivity contribution in [3.05, 3.63) is 59.2 Å². The molecule has 1 N–H and O–H groups in total. The van der Waals surface area contributed by atoms with Gasteiger partial charge in [-0.2, -0.15) is 5.26 Å². The fraction of sp³-hybridized carbons (Fsp3) is 0.200. The molecule has 2 rings (SSSR count). The molecule has 0 unspecified atom stereocenters. The molecule has 0 aliphatic heterocycles. The van der Waals surface area contributed by atoms with Crippen LogP contribution in [0.5, 0.6) is 5.75 Å². The van der Waals surface area contributed by atoms with Gasteiger partial charge in [-0.1, -0.05) is 0 Å². The van der Waals surface area contributed by atoms with E-state index < -0.39 is 11.9 Å². The number of halogens is 1. The van der Waals surface area contributed by atoms with Crippen LogP contribution in [-0.2, 0) is 6.61 Å². The van der Waals surface area contributed by atoms with Crippen molar-refractivity contribution < 1.29 is 14.2 Å². The van der Waals surface area contributed by atoms with Crippen molar-refractivity contribution >= 4 is 0 Å². The van der Waals surface area contributed by atoms with Crippen molar-refractivity contribution in [3.8, 4) is 11.8 Å². The lowest BCUT2D eigenvalue weighted by Gasteiger charge is -2.13. The highest BCUT2D eigenvalue weighted by Gasteiger charge is 2.10. The molecule has 0 saturated carbocycles. The summed E-state index contributed by atoms with van der Waals surface area (Å²) in [6.07, 6.45) is 0.760. The van der Waals surface area contributed by atoms with Gasteiger partial charge in [-0.25, -0.2) is 9.37 Å². The lowest BCUT2D eigenvalue weighted by molar-refractivity contribution is 0.190. The number of ether oxygens (including phenoxy) is 1. The van der Waals surface area contributed by atoms with E-state index in [1.165, 1.54) is 24.4 Å². The Kier molecular flexibility index (Phi) is 4.28. The zero-order chi connectivity index (χ0) is 14.5. The van der Waals surface area contributed by atoms with Gasteiger partial charge in [-0.05, 0) is 36.8 Å². The van der Waals surface area contributed by atoms with E-state index in [9.17, 15) is 9.50 Å². The summed E-state index contributed by atoms with van der Waals surface area (Å²) in [6.45, 7) is 1.75. The van der Waals surface area contributed by atoms with E-state index in [1.54, 1.807) is 19.1 Å². The predicted molar refractivity (Wildman–Crippen MR) is 70.3 cm³/mol. The zero-order valence-electron chi connectivity index (χ0n) is 10.9. The van der Waals surface area contributed by atoms with Gasteiger partial charge in [0.05, 0.1) is 6.10 Å². The molecular weight excluding hydrogens is 259 g/mol. The number of aliphatic hydroxyl groups is 1. The SMILES string of the molecule is C[C@@H](O)c1ccc(F)cc1OCc1ccnc(C#N)c1. The van der Waals surface area contributed by atoms with Crippen molar-refractivity contribution in [2.45, 2.75) is 19.6 Å².